The molecule has 0 unspecified atom stereocenters. The predicted octanol–water partition coefficient (Wildman–Crippen LogP) is 3.78. The number of benzene rings is 1. The lowest BCUT2D eigenvalue weighted by Gasteiger charge is -2.13. The Morgan fingerprint density at radius 1 is 1.22 bits per heavy atom. The maximum absolute atomic E-state index is 5.45. The van der Waals surface area contributed by atoms with Gasteiger partial charge >= 0.3 is 0 Å². The highest BCUT2D eigenvalue weighted by atomic mass is 16.5. The molecule has 1 aromatic rings. The fraction of sp³-hybridized carbons (Fsp3) is 0.500. The van der Waals surface area contributed by atoms with Crippen LogP contribution in [0.2, 0.25) is 0 Å². The maximum atomic E-state index is 5.45. The summed E-state index contributed by atoms with van der Waals surface area (Å²) in [5.41, 5.74) is 1.30. The summed E-state index contributed by atoms with van der Waals surface area (Å²) in [7, 11) is 0. The van der Waals surface area contributed by atoms with Crippen molar-refractivity contribution >= 4 is 0 Å². The molecular formula is C16H25NO. The summed E-state index contributed by atoms with van der Waals surface area (Å²) < 4.78 is 5.45. The van der Waals surface area contributed by atoms with Crippen molar-refractivity contribution in [3.05, 3.63) is 42.5 Å². The summed E-state index contributed by atoms with van der Waals surface area (Å²) in [5.74, 6) is 1.69. The maximum Gasteiger partial charge on any atom is 0.119 e. The zero-order valence-corrected chi connectivity index (χ0v) is 11.6. The molecule has 1 aromatic carbocycles. The van der Waals surface area contributed by atoms with Gasteiger partial charge in [0.2, 0.25) is 0 Å². The molecule has 0 aliphatic rings. The van der Waals surface area contributed by atoms with Crippen LogP contribution in [0.25, 0.3) is 0 Å². The van der Waals surface area contributed by atoms with E-state index in [1.807, 2.05) is 12.1 Å². The third-order valence-electron chi connectivity index (χ3n) is 3.21. The van der Waals surface area contributed by atoms with Crippen LogP contribution in [0.4, 0.5) is 0 Å². The molecular weight excluding hydrogens is 222 g/mol. The van der Waals surface area contributed by atoms with Crippen molar-refractivity contribution in [1.82, 2.24) is 5.32 Å². The van der Waals surface area contributed by atoms with Crippen LogP contribution in [-0.2, 0) is 6.54 Å². The molecule has 0 atom stereocenters. The fourth-order valence-electron chi connectivity index (χ4n) is 1.86. The summed E-state index contributed by atoms with van der Waals surface area (Å²) in [6.07, 6.45) is 4.25. The molecule has 2 nitrogen and oxygen atoms in total. The Labute approximate surface area is 111 Å². The zero-order chi connectivity index (χ0) is 13.2. The van der Waals surface area contributed by atoms with Crippen LogP contribution in [-0.4, -0.2) is 13.2 Å². The lowest BCUT2D eigenvalue weighted by atomic mass is 10.0. The van der Waals surface area contributed by atoms with E-state index in [-0.39, 0.29) is 0 Å². The van der Waals surface area contributed by atoms with Crippen LogP contribution in [0.5, 0.6) is 5.75 Å². The number of rotatable bonds is 9. The molecule has 1 N–H and O–H groups in total. The van der Waals surface area contributed by atoms with Gasteiger partial charge in [-0.2, -0.15) is 0 Å². The number of hydrogen-bond acceptors (Lipinski definition) is 2. The van der Waals surface area contributed by atoms with E-state index in [1.54, 1.807) is 6.08 Å². The van der Waals surface area contributed by atoms with Gasteiger partial charge in [0.15, 0.2) is 0 Å². The van der Waals surface area contributed by atoms with Gasteiger partial charge in [0.1, 0.15) is 12.4 Å². The number of hydrogen-bond donors (Lipinski definition) is 1. The zero-order valence-electron chi connectivity index (χ0n) is 11.6. The Morgan fingerprint density at radius 3 is 2.44 bits per heavy atom. The molecule has 0 heterocycles. The van der Waals surface area contributed by atoms with E-state index in [4.69, 9.17) is 4.74 Å². The van der Waals surface area contributed by atoms with Crippen LogP contribution < -0.4 is 10.1 Å². The minimum Gasteiger partial charge on any atom is -0.490 e. The second kappa shape index (κ2) is 8.76. The van der Waals surface area contributed by atoms with Gasteiger partial charge in [0.25, 0.3) is 0 Å². The summed E-state index contributed by atoms with van der Waals surface area (Å²) in [4.78, 5) is 0. The van der Waals surface area contributed by atoms with E-state index in [0.717, 1.165) is 24.8 Å². The standard InChI is InChI=1S/C16H25NO/c1-4-11-18-16-9-7-15(8-10-16)13-17-12-14(5-2)6-3/h4,7-10,14,17H,1,5-6,11-13H2,2-3H3. The third-order valence-corrected chi connectivity index (χ3v) is 3.21. The van der Waals surface area contributed by atoms with E-state index in [2.05, 4.69) is 37.9 Å². The highest BCUT2D eigenvalue weighted by molar-refractivity contribution is 5.27. The summed E-state index contributed by atoms with van der Waals surface area (Å²) >= 11 is 0. The Balaban J connectivity index is 2.32. The Morgan fingerprint density at radius 2 is 1.89 bits per heavy atom. The second-order valence-corrected chi connectivity index (χ2v) is 4.56. The molecule has 2 heteroatoms. The van der Waals surface area contributed by atoms with Crippen LogP contribution >= 0.6 is 0 Å². The first-order chi connectivity index (χ1) is 8.80. The van der Waals surface area contributed by atoms with E-state index < -0.39 is 0 Å². The molecule has 18 heavy (non-hydrogen) atoms. The monoisotopic (exact) mass is 247 g/mol. The SMILES string of the molecule is C=CCOc1ccc(CNCC(CC)CC)cc1. The molecule has 0 radical (unpaired) electrons. The smallest absolute Gasteiger partial charge is 0.119 e. The van der Waals surface area contributed by atoms with Gasteiger partial charge in [0.05, 0.1) is 0 Å². The van der Waals surface area contributed by atoms with E-state index in [1.165, 1.54) is 18.4 Å². The van der Waals surface area contributed by atoms with Crippen molar-refractivity contribution in [3.8, 4) is 5.75 Å². The molecule has 0 saturated carbocycles. The molecule has 0 aromatic heterocycles. The van der Waals surface area contributed by atoms with Crippen LogP contribution in [0, 0.1) is 5.92 Å². The minimum absolute atomic E-state index is 0.562. The van der Waals surface area contributed by atoms with Gasteiger partial charge in [-0.25, -0.2) is 0 Å². The van der Waals surface area contributed by atoms with Crippen molar-refractivity contribution in [3.63, 3.8) is 0 Å². The van der Waals surface area contributed by atoms with Crippen molar-refractivity contribution in [1.29, 1.82) is 0 Å². The van der Waals surface area contributed by atoms with Crippen LogP contribution in [0.15, 0.2) is 36.9 Å². The van der Waals surface area contributed by atoms with E-state index in [9.17, 15) is 0 Å². The van der Waals surface area contributed by atoms with Crippen molar-refractivity contribution in [2.45, 2.75) is 33.2 Å². The van der Waals surface area contributed by atoms with Gasteiger partial charge in [-0.3, -0.25) is 0 Å². The molecule has 0 aliphatic carbocycles. The van der Waals surface area contributed by atoms with Crippen LogP contribution in [0.1, 0.15) is 32.3 Å². The highest BCUT2D eigenvalue weighted by Gasteiger charge is 2.02. The van der Waals surface area contributed by atoms with Crippen molar-refractivity contribution in [2.24, 2.45) is 5.92 Å². The van der Waals surface area contributed by atoms with Crippen molar-refractivity contribution < 1.29 is 4.74 Å². The Kier molecular flexibility index (Phi) is 7.19. The summed E-state index contributed by atoms with van der Waals surface area (Å²) in [5, 5.41) is 3.51. The third kappa shape index (κ3) is 5.37. The molecule has 0 saturated heterocycles. The van der Waals surface area contributed by atoms with Gasteiger partial charge in [-0.1, -0.05) is 51.5 Å². The quantitative estimate of drug-likeness (QED) is 0.671. The topological polar surface area (TPSA) is 21.3 Å². The molecule has 0 fully saturated rings. The normalized spacial score (nSPS) is 10.6. The first-order valence-corrected chi connectivity index (χ1v) is 6.83. The molecule has 0 amide bonds. The predicted molar refractivity (Wildman–Crippen MR) is 77.9 cm³/mol. The summed E-state index contributed by atoms with van der Waals surface area (Å²) in [6.45, 7) is 10.7. The molecule has 1 rings (SSSR count). The number of ether oxygens (including phenoxy) is 1. The van der Waals surface area contributed by atoms with E-state index >= 15 is 0 Å². The lowest BCUT2D eigenvalue weighted by Crippen LogP contribution is -2.21. The average molecular weight is 247 g/mol. The Bertz CT molecular complexity index is 327. The lowest BCUT2D eigenvalue weighted by molar-refractivity contribution is 0.363. The molecule has 100 valence electrons. The van der Waals surface area contributed by atoms with E-state index in [0.29, 0.717) is 6.61 Å². The van der Waals surface area contributed by atoms with Crippen molar-refractivity contribution in [2.75, 3.05) is 13.2 Å². The number of nitrogens with one attached hydrogen (secondary N) is 1. The second-order valence-electron chi connectivity index (χ2n) is 4.56. The van der Waals surface area contributed by atoms with Gasteiger partial charge in [-0.15, -0.1) is 0 Å². The first kappa shape index (κ1) is 14.8. The fourth-order valence-corrected chi connectivity index (χ4v) is 1.86. The molecule has 0 spiro atoms. The summed E-state index contributed by atoms with van der Waals surface area (Å²) in [6, 6.07) is 8.24. The first-order valence-electron chi connectivity index (χ1n) is 6.83. The highest BCUT2D eigenvalue weighted by Crippen LogP contribution is 2.12. The average Bonchev–Trinajstić information content (AvgIpc) is 2.42. The Hall–Kier alpha value is -1.28. The molecule has 0 bridgehead atoms. The minimum atomic E-state index is 0.562. The molecule has 0 aliphatic heterocycles. The van der Waals surface area contributed by atoms with Crippen LogP contribution in [0.3, 0.4) is 0 Å². The van der Waals surface area contributed by atoms with Gasteiger partial charge < -0.3 is 10.1 Å². The van der Waals surface area contributed by atoms with Gasteiger partial charge in [-0.05, 0) is 30.2 Å². The largest absolute Gasteiger partial charge is 0.490 e. The van der Waals surface area contributed by atoms with Gasteiger partial charge in [0, 0.05) is 6.54 Å².